The molecule has 1 aromatic heterocycles. The molecule has 1 N–H and O–H groups in total. The van der Waals surface area contributed by atoms with Crippen molar-refractivity contribution in [3.63, 3.8) is 0 Å². The summed E-state index contributed by atoms with van der Waals surface area (Å²) in [5, 5.41) is 16.2. The van der Waals surface area contributed by atoms with Crippen LogP contribution < -0.4 is 15.0 Å². The van der Waals surface area contributed by atoms with Crippen LogP contribution in [0, 0.1) is 17.2 Å². The first-order chi connectivity index (χ1) is 24.8. The average molecular weight is 712 g/mol. The van der Waals surface area contributed by atoms with E-state index in [2.05, 4.69) is 10.4 Å². The number of amides is 4. The number of ether oxygens (including phenoxy) is 1. The smallest absolute Gasteiger partial charge is 0.298 e. The molecule has 0 spiro atoms. The maximum Gasteiger partial charge on any atom is 0.298 e. The molecule has 0 saturated carbocycles. The van der Waals surface area contributed by atoms with Crippen LogP contribution in [0.4, 0.5) is 20.2 Å². The summed E-state index contributed by atoms with van der Waals surface area (Å²) in [5.41, 5.74) is 0.902. The van der Waals surface area contributed by atoms with Crippen LogP contribution in [0.25, 0.3) is 0 Å². The fourth-order valence-electron chi connectivity index (χ4n) is 6.14. The van der Waals surface area contributed by atoms with Gasteiger partial charge in [-0.1, -0.05) is 42.5 Å². The molecule has 0 radical (unpaired) electrons. The lowest BCUT2D eigenvalue weighted by atomic mass is 9.95. The second kappa shape index (κ2) is 15.8. The number of anilines is 2. The van der Waals surface area contributed by atoms with E-state index in [-0.39, 0.29) is 57.9 Å². The number of carbonyl (C=O) groups excluding carboxylic acids is 4. The topological polar surface area (TPSA) is 141 Å². The third-order valence-corrected chi connectivity index (χ3v) is 9.06. The van der Waals surface area contributed by atoms with Crippen LogP contribution in [-0.2, 0) is 22.1 Å². The number of likely N-dealkylation sites (tertiary alicyclic amines) is 1. The zero-order valence-corrected chi connectivity index (χ0v) is 29.3. The van der Waals surface area contributed by atoms with Crippen LogP contribution >= 0.6 is 0 Å². The Hall–Kier alpha value is -6.10. The minimum Gasteiger partial charge on any atom is -0.495 e. The predicted molar refractivity (Wildman–Crippen MR) is 189 cm³/mol. The summed E-state index contributed by atoms with van der Waals surface area (Å²) in [6, 6.07) is 19.5. The molecule has 3 heterocycles. The van der Waals surface area contributed by atoms with Gasteiger partial charge in [0.05, 0.1) is 31.1 Å². The Morgan fingerprint density at radius 1 is 0.962 bits per heavy atom. The lowest BCUT2D eigenvalue weighted by molar-refractivity contribution is -0.138. The van der Waals surface area contributed by atoms with Crippen molar-refractivity contribution in [3.8, 4) is 11.8 Å². The molecule has 270 valence electrons. The predicted octanol–water partition coefficient (Wildman–Crippen LogP) is 5.15. The molecule has 1 saturated heterocycles. The van der Waals surface area contributed by atoms with E-state index >= 15 is 0 Å². The third kappa shape index (κ3) is 7.94. The summed E-state index contributed by atoms with van der Waals surface area (Å²) in [6.45, 7) is 3.65. The zero-order valence-electron chi connectivity index (χ0n) is 29.3. The van der Waals surface area contributed by atoms with Gasteiger partial charge >= 0.3 is 0 Å². The number of nitriles is 1. The number of halogens is 2. The third-order valence-electron chi connectivity index (χ3n) is 9.06. The summed E-state index contributed by atoms with van der Waals surface area (Å²) in [6.07, 6.45) is 2.99. The van der Waals surface area contributed by atoms with E-state index in [0.29, 0.717) is 18.0 Å². The van der Waals surface area contributed by atoms with Gasteiger partial charge < -0.3 is 24.8 Å². The molecule has 14 heteroatoms. The normalized spacial score (nSPS) is 14.4. The van der Waals surface area contributed by atoms with Gasteiger partial charge in [0, 0.05) is 68.9 Å². The number of nitrogens with one attached hydrogen (secondary N) is 1. The van der Waals surface area contributed by atoms with Crippen molar-refractivity contribution in [3.05, 3.63) is 107 Å². The first kappa shape index (κ1) is 37.2. The summed E-state index contributed by atoms with van der Waals surface area (Å²) in [4.78, 5) is 53.8. The molecular formula is C38H39F2N7O5. The van der Waals surface area contributed by atoms with Crippen molar-refractivity contribution < 1.29 is 32.7 Å². The van der Waals surface area contributed by atoms with Gasteiger partial charge in [-0.3, -0.25) is 23.9 Å². The molecule has 6 rings (SSSR count). The van der Waals surface area contributed by atoms with E-state index in [1.165, 1.54) is 77.5 Å². The fourth-order valence-corrected chi connectivity index (χ4v) is 6.14. The van der Waals surface area contributed by atoms with E-state index in [1.807, 2.05) is 6.07 Å². The van der Waals surface area contributed by atoms with Crippen molar-refractivity contribution in [1.29, 1.82) is 5.26 Å². The van der Waals surface area contributed by atoms with E-state index in [0.717, 1.165) is 25.9 Å². The number of piperidine rings is 1. The van der Waals surface area contributed by atoms with Gasteiger partial charge in [-0.25, -0.2) is 0 Å². The van der Waals surface area contributed by atoms with Crippen molar-refractivity contribution >= 4 is 35.0 Å². The van der Waals surface area contributed by atoms with Gasteiger partial charge in [-0.05, 0) is 43.2 Å². The number of aromatic nitrogens is 2. The molecule has 1 fully saturated rings. The number of hydrogen-bond acceptors (Lipinski definition) is 7. The van der Waals surface area contributed by atoms with Crippen molar-refractivity contribution in [2.45, 2.75) is 32.2 Å². The molecule has 4 amide bonds. The number of fused-ring (bicyclic) bond motifs is 1. The van der Waals surface area contributed by atoms with E-state index in [4.69, 9.17) is 4.74 Å². The van der Waals surface area contributed by atoms with Gasteiger partial charge in [0.25, 0.3) is 17.7 Å². The van der Waals surface area contributed by atoms with Gasteiger partial charge in [-0.2, -0.15) is 19.1 Å². The van der Waals surface area contributed by atoms with E-state index in [1.54, 1.807) is 49.0 Å². The Kier molecular flexibility index (Phi) is 11.3. The lowest BCUT2D eigenvalue weighted by Crippen LogP contribution is -2.41. The maximum atomic E-state index is 14.9. The summed E-state index contributed by atoms with van der Waals surface area (Å²) in [5.74, 6) is -3.40. The van der Waals surface area contributed by atoms with Crippen LogP contribution in [0.15, 0.2) is 79.0 Å². The fraction of sp³-hybridized carbons (Fsp3) is 0.316. The molecule has 2 aliphatic heterocycles. The summed E-state index contributed by atoms with van der Waals surface area (Å²) >= 11 is 0. The number of nitrogens with zero attached hydrogens (tertiary/aromatic N) is 6. The highest BCUT2D eigenvalue weighted by molar-refractivity contribution is 6.13. The number of carbonyl (C=O) groups is 4. The lowest BCUT2D eigenvalue weighted by Gasteiger charge is -2.31. The maximum absolute atomic E-state index is 14.9. The zero-order chi connectivity index (χ0) is 37.6. The highest BCUT2D eigenvalue weighted by atomic mass is 19.3. The van der Waals surface area contributed by atoms with E-state index in [9.17, 15) is 33.2 Å². The number of rotatable bonds is 7. The van der Waals surface area contributed by atoms with Crippen LogP contribution in [-0.4, -0.2) is 84.0 Å². The Bertz CT molecular complexity index is 1980. The van der Waals surface area contributed by atoms with Gasteiger partial charge in [0.1, 0.15) is 17.5 Å². The summed E-state index contributed by atoms with van der Waals surface area (Å²) < 4.78 is 36.5. The molecule has 0 atom stereocenters. The summed E-state index contributed by atoms with van der Waals surface area (Å²) in [7, 11) is 4.98. The second-order valence-corrected chi connectivity index (χ2v) is 12.6. The number of alkyl halides is 2. The molecule has 0 unspecified atom stereocenters. The Labute approximate surface area is 300 Å². The van der Waals surface area contributed by atoms with Crippen LogP contribution in [0.3, 0.4) is 0 Å². The van der Waals surface area contributed by atoms with Crippen molar-refractivity contribution in [2.75, 3.05) is 51.1 Å². The molecular weight excluding hydrogens is 672 g/mol. The SMILES string of the molecule is CC(=O)N1CCC(C(=O)N(C)C)CC1.COc1ccc(C(=O)Nc2cnn3c2C(=O)N(c2ccc(C(F)(F)c4ccccc4)cc2)CC3)cc1C#N. The molecule has 4 aromatic rings. The molecule has 12 nitrogen and oxygen atoms in total. The average Bonchev–Trinajstić information content (AvgIpc) is 3.58. The Morgan fingerprint density at radius 3 is 2.21 bits per heavy atom. The van der Waals surface area contributed by atoms with Crippen molar-refractivity contribution in [1.82, 2.24) is 19.6 Å². The molecule has 3 aromatic carbocycles. The number of hydrogen-bond donors (Lipinski definition) is 1. The Balaban J connectivity index is 0.000000314. The highest BCUT2D eigenvalue weighted by Crippen LogP contribution is 2.37. The molecule has 52 heavy (non-hydrogen) atoms. The number of methoxy groups -OCH3 is 1. The first-order valence-corrected chi connectivity index (χ1v) is 16.6. The number of benzene rings is 3. The van der Waals surface area contributed by atoms with Crippen LogP contribution in [0.2, 0.25) is 0 Å². The van der Waals surface area contributed by atoms with E-state index < -0.39 is 17.7 Å². The Morgan fingerprint density at radius 2 is 1.62 bits per heavy atom. The molecule has 0 aliphatic carbocycles. The minimum absolute atomic E-state index is 0.112. The molecule has 2 aliphatic rings. The van der Waals surface area contributed by atoms with Crippen molar-refractivity contribution in [2.24, 2.45) is 5.92 Å². The first-order valence-electron chi connectivity index (χ1n) is 16.6. The monoisotopic (exact) mass is 711 g/mol. The largest absolute Gasteiger partial charge is 0.495 e. The molecule has 0 bridgehead atoms. The van der Waals surface area contributed by atoms with Gasteiger partial charge in [-0.15, -0.1) is 0 Å². The standard InChI is InChI=1S/C28H21F2N5O3.C10H18N2O2/c1-38-24-12-7-18(15-19(24)16-31)26(36)33-23-17-32-35-14-13-34(27(37)25(23)35)22-10-8-21(9-11-22)28(29,30)20-5-3-2-4-6-20;1-8(13)12-6-4-9(5-7-12)10(14)11(2)3/h2-12,15,17H,13-14H2,1H3,(H,33,36);9H,4-7H2,1-3H3. The highest BCUT2D eigenvalue weighted by Gasteiger charge is 2.35. The van der Waals surface area contributed by atoms with Crippen LogP contribution in [0.1, 0.15) is 57.3 Å². The second-order valence-electron chi connectivity index (χ2n) is 12.6. The minimum atomic E-state index is -3.19. The quantitative estimate of drug-likeness (QED) is 0.280. The van der Waals surface area contributed by atoms with Gasteiger partial charge in [0.2, 0.25) is 11.8 Å². The van der Waals surface area contributed by atoms with Crippen LogP contribution in [0.5, 0.6) is 5.75 Å². The van der Waals surface area contributed by atoms with Gasteiger partial charge in [0.15, 0.2) is 0 Å².